The summed E-state index contributed by atoms with van der Waals surface area (Å²) in [5.74, 6) is 0.751. The predicted octanol–water partition coefficient (Wildman–Crippen LogP) is -0.369. The SMILES string of the molecule is C=C1N=C(N)C(C)=CN1[C@@H]1O[C@@]2(COC)C(=O)N(C)[C@H]1C2OC. The number of amides is 1. The summed E-state index contributed by atoms with van der Waals surface area (Å²) in [5.41, 5.74) is 5.49. The molecular weight excluding hydrogens is 300 g/mol. The minimum absolute atomic E-state index is 0.121. The van der Waals surface area contributed by atoms with E-state index in [-0.39, 0.29) is 18.6 Å². The van der Waals surface area contributed by atoms with Crippen molar-refractivity contribution < 1.29 is 19.0 Å². The van der Waals surface area contributed by atoms with E-state index in [1.165, 1.54) is 7.11 Å². The normalized spacial score (nSPS) is 36.6. The summed E-state index contributed by atoms with van der Waals surface area (Å²) < 4.78 is 17.0. The molecule has 3 heterocycles. The molecule has 0 radical (unpaired) electrons. The standard InChI is InChI=1S/C15H22N4O4/c1-8-6-19(9(2)17-12(8)16)13-10-11(22-5)15(23-13,7-21-4)14(20)18(10)3/h6,10-11,13H,2,7H2,1,3-5H3,(H2,16,17)/t10-,11?,13+,15+/m0/s1. The summed E-state index contributed by atoms with van der Waals surface area (Å²) in [6.45, 7) is 5.91. The lowest BCUT2D eigenvalue weighted by Crippen LogP contribution is -2.56. The van der Waals surface area contributed by atoms with E-state index in [0.29, 0.717) is 11.7 Å². The molecule has 3 aliphatic heterocycles. The molecule has 8 heteroatoms. The number of rotatable bonds is 4. The van der Waals surface area contributed by atoms with Gasteiger partial charge in [-0.25, -0.2) is 4.99 Å². The van der Waals surface area contributed by atoms with Crippen LogP contribution in [-0.2, 0) is 19.0 Å². The van der Waals surface area contributed by atoms with E-state index in [4.69, 9.17) is 19.9 Å². The minimum atomic E-state index is -1.15. The van der Waals surface area contributed by atoms with Crippen LogP contribution in [0.2, 0.25) is 0 Å². The third-order valence-corrected chi connectivity index (χ3v) is 4.69. The molecular formula is C15H22N4O4. The van der Waals surface area contributed by atoms with Gasteiger partial charge in [-0.05, 0) is 6.92 Å². The van der Waals surface area contributed by atoms with Gasteiger partial charge in [-0.15, -0.1) is 0 Å². The van der Waals surface area contributed by atoms with Crippen LogP contribution in [0.4, 0.5) is 0 Å². The van der Waals surface area contributed by atoms with Crippen molar-refractivity contribution in [1.29, 1.82) is 0 Å². The van der Waals surface area contributed by atoms with E-state index in [9.17, 15) is 4.79 Å². The van der Waals surface area contributed by atoms with Crippen molar-refractivity contribution in [3.05, 3.63) is 24.2 Å². The van der Waals surface area contributed by atoms with Crippen molar-refractivity contribution in [1.82, 2.24) is 9.80 Å². The molecule has 0 aromatic heterocycles. The molecule has 0 aromatic carbocycles. The Hall–Kier alpha value is -1.90. The van der Waals surface area contributed by atoms with Gasteiger partial charge in [0.15, 0.2) is 11.8 Å². The van der Waals surface area contributed by atoms with Crippen molar-refractivity contribution in [3.63, 3.8) is 0 Å². The van der Waals surface area contributed by atoms with Crippen LogP contribution < -0.4 is 5.73 Å². The topological polar surface area (TPSA) is 89.6 Å². The zero-order valence-corrected chi connectivity index (χ0v) is 13.8. The number of carbonyl (C=O) groups is 1. The van der Waals surface area contributed by atoms with Gasteiger partial charge in [0, 0.05) is 33.0 Å². The van der Waals surface area contributed by atoms with Gasteiger partial charge in [0.2, 0.25) is 0 Å². The summed E-state index contributed by atoms with van der Waals surface area (Å²) in [4.78, 5) is 20.3. The first-order chi connectivity index (χ1) is 10.9. The summed E-state index contributed by atoms with van der Waals surface area (Å²) in [5, 5.41) is 0. The number of morpholine rings is 1. The van der Waals surface area contributed by atoms with E-state index >= 15 is 0 Å². The predicted molar refractivity (Wildman–Crippen MR) is 83.2 cm³/mol. The summed E-state index contributed by atoms with van der Waals surface area (Å²) in [6.07, 6.45) is 0.938. The highest BCUT2D eigenvalue weighted by Crippen LogP contribution is 2.46. The minimum Gasteiger partial charge on any atom is -0.383 e. The van der Waals surface area contributed by atoms with Gasteiger partial charge in [0.05, 0.1) is 6.61 Å². The highest BCUT2D eigenvalue weighted by atomic mass is 16.6. The Balaban J connectivity index is 1.98. The average molecular weight is 322 g/mol. The average Bonchev–Trinajstić information content (AvgIpc) is 2.93. The van der Waals surface area contributed by atoms with E-state index in [1.54, 1.807) is 24.0 Å². The molecule has 2 N–H and O–H groups in total. The summed E-state index contributed by atoms with van der Waals surface area (Å²) in [7, 11) is 4.85. The number of aliphatic imine (C=N–C) groups is 1. The van der Waals surface area contributed by atoms with E-state index in [2.05, 4.69) is 11.6 Å². The van der Waals surface area contributed by atoms with Crippen molar-refractivity contribution in [3.8, 4) is 0 Å². The third-order valence-electron chi connectivity index (χ3n) is 4.69. The molecule has 0 aromatic rings. The van der Waals surface area contributed by atoms with E-state index in [1.807, 2.05) is 13.1 Å². The molecule has 1 amide bonds. The molecule has 2 fully saturated rings. The Kier molecular flexibility index (Phi) is 3.70. The lowest BCUT2D eigenvalue weighted by Gasteiger charge is -2.40. The van der Waals surface area contributed by atoms with Crippen molar-refractivity contribution in [2.24, 2.45) is 10.7 Å². The van der Waals surface area contributed by atoms with Crippen LogP contribution in [0, 0.1) is 0 Å². The number of amidine groups is 1. The molecule has 2 bridgehead atoms. The number of methoxy groups -OCH3 is 2. The molecule has 3 rings (SSSR count). The molecule has 126 valence electrons. The van der Waals surface area contributed by atoms with Crippen LogP contribution in [0.25, 0.3) is 0 Å². The Labute approximate surface area is 135 Å². The molecule has 0 aliphatic carbocycles. The maximum Gasteiger partial charge on any atom is 0.260 e. The van der Waals surface area contributed by atoms with Gasteiger partial charge in [0.1, 0.15) is 23.8 Å². The fourth-order valence-corrected chi connectivity index (χ4v) is 3.58. The molecule has 1 unspecified atom stereocenters. The summed E-state index contributed by atoms with van der Waals surface area (Å²) >= 11 is 0. The van der Waals surface area contributed by atoms with Gasteiger partial charge in [-0.3, -0.25) is 4.79 Å². The molecule has 0 spiro atoms. The quantitative estimate of drug-likeness (QED) is 0.760. The number of nitrogens with two attached hydrogens (primary N) is 1. The van der Waals surface area contributed by atoms with Crippen LogP contribution in [0.1, 0.15) is 6.92 Å². The molecule has 0 saturated carbocycles. The first kappa shape index (κ1) is 16.0. The van der Waals surface area contributed by atoms with Crippen molar-refractivity contribution in [2.75, 3.05) is 27.9 Å². The Morgan fingerprint density at radius 3 is 2.83 bits per heavy atom. The fourth-order valence-electron chi connectivity index (χ4n) is 3.58. The zero-order valence-electron chi connectivity index (χ0n) is 13.8. The lowest BCUT2D eigenvalue weighted by molar-refractivity contribution is -0.187. The number of nitrogens with zero attached hydrogens (tertiary/aromatic N) is 3. The van der Waals surface area contributed by atoms with Gasteiger partial charge >= 0.3 is 0 Å². The Bertz CT molecular complexity index is 617. The number of ether oxygens (including phenoxy) is 3. The molecule has 23 heavy (non-hydrogen) atoms. The fraction of sp³-hybridized carbons (Fsp3) is 0.600. The molecule has 4 atom stereocenters. The van der Waals surface area contributed by atoms with Gasteiger partial charge in [0.25, 0.3) is 5.91 Å². The number of hydrogen-bond donors (Lipinski definition) is 1. The summed E-state index contributed by atoms with van der Waals surface area (Å²) in [6, 6.07) is -0.294. The highest BCUT2D eigenvalue weighted by molar-refractivity contribution is 5.97. The van der Waals surface area contributed by atoms with Crippen LogP contribution in [-0.4, -0.2) is 73.4 Å². The highest BCUT2D eigenvalue weighted by Gasteiger charge is 2.70. The number of fused-ring (bicyclic) bond motifs is 2. The number of likely N-dealkylation sites (N-methyl/N-ethyl adjacent to an activating group) is 1. The van der Waals surface area contributed by atoms with Crippen molar-refractivity contribution >= 4 is 11.7 Å². The van der Waals surface area contributed by atoms with Crippen molar-refractivity contribution in [2.45, 2.75) is 30.9 Å². The second-order valence-corrected chi connectivity index (χ2v) is 6.03. The van der Waals surface area contributed by atoms with E-state index < -0.39 is 17.9 Å². The lowest BCUT2D eigenvalue weighted by atomic mass is 9.99. The number of likely N-dealkylation sites (tertiary alicyclic amines) is 1. The van der Waals surface area contributed by atoms with Gasteiger partial charge in [-0.1, -0.05) is 6.58 Å². The first-order valence-electron chi connectivity index (χ1n) is 7.34. The second kappa shape index (κ2) is 5.33. The molecule has 2 saturated heterocycles. The van der Waals surface area contributed by atoms with Crippen LogP contribution in [0.15, 0.2) is 29.2 Å². The smallest absolute Gasteiger partial charge is 0.260 e. The largest absolute Gasteiger partial charge is 0.383 e. The third kappa shape index (κ3) is 2.02. The maximum absolute atomic E-state index is 12.6. The molecule has 8 nitrogen and oxygen atoms in total. The number of hydrogen-bond acceptors (Lipinski definition) is 7. The Morgan fingerprint density at radius 2 is 2.22 bits per heavy atom. The second-order valence-electron chi connectivity index (χ2n) is 6.03. The maximum atomic E-state index is 12.6. The zero-order chi connectivity index (χ0) is 16.9. The van der Waals surface area contributed by atoms with Crippen LogP contribution >= 0.6 is 0 Å². The first-order valence-corrected chi connectivity index (χ1v) is 7.34. The molecule has 3 aliphatic rings. The van der Waals surface area contributed by atoms with Gasteiger partial charge < -0.3 is 29.7 Å². The van der Waals surface area contributed by atoms with E-state index in [0.717, 1.165) is 5.57 Å². The van der Waals surface area contributed by atoms with Crippen LogP contribution in [0.5, 0.6) is 0 Å². The monoisotopic (exact) mass is 322 g/mol. The Morgan fingerprint density at radius 1 is 1.52 bits per heavy atom. The van der Waals surface area contributed by atoms with Crippen LogP contribution in [0.3, 0.4) is 0 Å². The number of carbonyl (C=O) groups excluding carboxylic acids is 1. The van der Waals surface area contributed by atoms with Gasteiger partial charge in [-0.2, -0.15) is 0 Å².